The molecule has 0 amide bonds. The summed E-state index contributed by atoms with van der Waals surface area (Å²) in [6, 6.07) is 0. The highest BCUT2D eigenvalue weighted by Crippen LogP contribution is 1.83. The molecule has 1 aliphatic heterocycles. The zero-order chi connectivity index (χ0) is 6.69. The average Bonchev–Trinajstić information content (AvgIpc) is 1.90. The lowest BCUT2D eigenvalue weighted by Gasteiger charge is -2.10. The molecule has 0 saturated carbocycles. The molecule has 1 rings (SSSR count). The number of nitrogens with two attached hydrogens (primary N) is 1. The highest BCUT2D eigenvalue weighted by Gasteiger charge is 2.00. The van der Waals surface area contributed by atoms with E-state index >= 15 is 0 Å². The van der Waals surface area contributed by atoms with Gasteiger partial charge in [0.15, 0.2) is 0 Å². The van der Waals surface area contributed by atoms with Gasteiger partial charge in [-0.3, -0.25) is 5.43 Å². The SMILES string of the molecule is CC1=NN=C(NN)NC1. The molecule has 0 saturated heterocycles. The largest absolute Gasteiger partial charge is 0.348 e. The second-order valence-electron chi connectivity index (χ2n) is 1.78. The number of rotatable bonds is 0. The van der Waals surface area contributed by atoms with Crippen LogP contribution < -0.4 is 16.6 Å². The fourth-order valence-electron chi connectivity index (χ4n) is 0.498. The fourth-order valence-corrected chi connectivity index (χ4v) is 0.498. The molecule has 0 aromatic heterocycles. The monoisotopic (exact) mass is 127 g/mol. The molecule has 0 aliphatic carbocycles. The van der Waals surface area contributed by atoms with Gasteiger partial charge in [0, 0.05) is 0 Å². The summed E-state index contributed by atoms with van der Waals surface area (Å²) in [6.07, 6.45) is 0. The first kappa shape index (κ1) is 6.03. The van der Waals surface area contributed by atoms with Gasteiger partial charge in [-0.2, -0.15) is 5.10 Å². The molecule has 9 heavy (non-hydrogen) atoms. The van der Waals surface area contributed by atoms with Crippen LogP contribution in [0.5, 0.6) is 0 Å². The third-order valence-corrected chi connectivity index (χ3v) is 0.969. The summed E-state index contributed by atoms with van der Waals surface area (Å²) < 4.78 is 0. The maximum Gasteiger partial charge on any atom is 0.230 e. The van der Waals surface area contributed by atoms with Crippen molar-refractivity contribution in [1.29, 1.82) is 0 Å². The van der Waals surface area contributed by atoms with Gasteiger partial charge in [0.2, 0.25) is 5.96 Å². The van der Waals surface area contributed by atoms with Gasteiger partial charge in [0.25, 0.3) is 0 Å². The summed E-state index contributed by atoms with van der Waals surface area (Å²) in [7, 11) is 0. The van der Waals surface area contributed by atoms with Crippen molar-refractivity contribution in [3.8, 4) is 0 Å². The predicted octanol–water partition coefficient (Wildman–Crippen LogP) is -1.22. The normalized spacial score (nSPS) is 17.6. The van der Waals surface area contributed by atoms with Crippen LogP contribution >= 0.6 is 0 Å². The molecule has 1 heterocycles. The van der Waals surface area contributed by atoms with Crippen molar-refractivity contribution < 1.29 is 0 Å². The Labute approximate surface area is 53.0 Å². The van der Waals surface area contributed by atoms with E-state index in [4.69, 9.17) is 5.84 Å². The second kappa shape index (κ2) is 2.45. The van der Waals surface area contributed by atoms with Crippen molar-refractivity contribution in [2.75, 3.05) is 6.54 Å². The lowest BCUT2D eigenvalue weighted by molar-refractivity contribution is 0.877. The number of hydrazine groups is 1. The molecule has 1 aliphatic rings. The van der Waals surface area contributed by atoms with Crippen molar-refractivity contribution >= 4 is 11.7 Å². The van der Waals surface area contributed by atoms with Crippen LogP contribution in [0.2, 0.25) is 0 Å². The van der Waals surface area contributed by atoms with E-state index in [0.717, 1.165) is 5.71 Å². The van der Waals surface area contributed by atoms with E-state index in [-0.39, 0.29) is 0 Å². The van der Waals surface area contributed by atoms with Gasteiger partial charge in [0.05, 0.1) is 12.3 Å². The van der Waals surface area contributed by atoms with Crippen molar-refractivity contribution in [3.63, 3.8) is 0 Å². The van der Waals surface area contributed by atoms with Gasteiger partial charge in [-0.25, -0.2) is 5.84 Å². The Hall–Kier alpha value is -1.10. The first-order valence-corrected chi connectivity index (χ1v) is 2.64. The zero-order valence-corrected chi connectivity index (χ0v) is 5.18. The van der Waals surface area contributed by atoms with E-state index in [1.54, 1.807) is 0 Å². The van der Waals surface area contributed by atoms with Crippen LogP contribution in [0.1, 0.15) is 6.92 Å². The van der Waals surface area contributed by atoms with E-state index in [1.165, 1.54) is 0 Å². The van der Waals surface area contributed by atoms with E-state index in [1.807, 2.05) is 6.92 Å². The Kier molecular flexibility index (Phi) is 1.64. The lowest BCUT2D eigenvalue weighted by atomic mass is 10.4. The Morgan fingerprint density at radius 1 is 1.67 bits per heavy atom. The van der Waals surface area contributed by atoms with Gasteiger partial charge in [0.1, 0.15) is 0 Å². The van der Waals surface area contributed by atoms with Gasteiger partial charge in [-0.1, -0.05) is 0 Å². The van der Waals surface area contributed by atoms with Crippen molar-refractivity contribution in [2.24, 2.45) is 16.0 Å². The Balaban J connectivity index is 2.59. The summed E-state index contributed by atoms with van der Waals surface area (Å²) in [4.78, 5) is 0. The van der Waals surface area contributed by atoms with Gasteiger partial charge in [-0.05, 0) is 6.92 Å². The molecule has 0 atom stereocenters. The van der Waals surface area contributed by atoms with Crippen LogP contribution in [-0.4, -0.2) is 18.2 Å². The van der Waals surface area contributed by atoms with Crippen LogP contribution in [0.15, 0.2) is 10.2 Å². The minimum absolute atomic E-state index is 0.514. The minimum atomic E-state index is 0.514. The van der Waals surface area contributed by atoms with E-state index in [9.17, 15) is 0 Å². The molecule has 4 N–H and O–H groups in total. The van der Waals surface area contributed by atoms with Crippen LogP contribution in [-0.2, 0) is 0 Å². The zero-order valence-electron chi connectivity index (χ0n) is 5.18. The predicted molar refractivity (Wildman–Crippen MR) is 35.9 cm³/mol. The lowest BCUT2D eigenvalue weighted by Crippen LogP contribution is -2.44. The maximum atomic E-state index is 5.04. The molecule has 5 heteroatoms. The molecule has 0 aromatic carbocycles. The minimum Gasteiger partial charge on any atom is -0.348 e. The molecular weight excluding hydrogens is 118 g/mol. The van der Waals surface area contributed by atoms with Crippen LogP contribution in [0.4, 0.5) is 0 Å². The van der Waals surface area contributed by atoms with Crippen LogP contribution in [0.3, 0.4) is 0 Å². The molecule has 0 fully saturated rings. The van der Waals surface area contributed by atoms with Gasteiger partial charge < -0.3 is 5.32 Å². The van der Waals surface area contributed by atoms with Gasteiger partial charge >= 0.3 is 0 Å². The standard InChI is InChI=1S/C4H9N5/c1-3-2-6-4(7-5)9-8-3/h2,5H2,1H3,(H2,6,7,9). The summed E-state index contributed by atoms with van der Waals surface area (Å²) >= 11 is 0. The number of guanidine groups is 1. The van der Waals surface area contributed by atoms with E-state index in [2.05, 4.69) is 20.9 Å². The third-order valence-electron chi connectivity index (χ3n) is 0.969. The first-order valence-electron chi connectivity index (χ1n) is 2.64. The smallest absolute Gasteiger partial charge is 0.230 e. The van der Waals surface area contributed by atoms with Gasteiger partial charge in [-0.15, -0.1) is 5.10 Å². The summed E-state index contributed by atoms with van der Waals surface area (Å²) in [6.45, 7) is 2.60. The van der Waals surface area contributed by atoms with Crippen molar-refractivity contribution in [1.82, 2.24) is 10.7 Å². The van der Waals surface area contributed by atoms with Crippen molar-refractivity contribution in [2.45, 2.75) is 6.92 Å². The molecule has 5 nitrogen and oxygen atoms in total. The van der Waals surface area contributed by atoms with E-state index < -0.39 is 0 Å². The summed E-state index contributed by atoms with van der Waals surface area (Å²) in [5, 5.41) is 10.4. The maximum absolute atomic E-state index is 5.04. The first-order chi connectivity index (χ1) is 4.33. The second-order valence-corrected chi connectivity index (χ2v) is 1.78. The number of hydrogen-bond donors (Lipinski definition) is 3. The Morgan fingerprint density at radius 3 is 2.89 bits per heavy atom. The molecular formula is C4H9N5. The Bertz CT molecular complexity index is 158. The topological polar surface area (TPSA) is 74.8 Å². The highest BCUT2D eigenvalue weighted by atomic mass is 15.4. The summed E-state index contributed by atoms with van der Waals surface area (Å²) in [5.74, 6) is 5.55. The molecule has 50 valence electrons. The van der Waals surface area contributed by atoms with Crippen LogP contribution in [0, 0.1) is 0 Å². The fraction of sp³-hybridized carbons (Fsp3) is 0.500. The molecule has 0 bridgehead atoms. The molecule has 0 spiro atoms. The summed E-state index contributed by atoms with van der Waals surface area (Å²) in [5.41, 5.74) is 3.31. The molecule has 0 radical (unpaired) electrons. The van der Waals surface area contributed by atoms with Crippen LogP contribution in [0.25, 0.3) is 0 Å². The number of hydrogen-bond acceptors (Lipinski definition) is 5. The molecule has 0 aromatic rings. The average molecular weight is 127 g/mol. The molecule has 0 unspecified atom stereocenters. The Morgan fingerprint density at radius 2 is 2.44 bits per heavy atom. The van der Waals surface area contributed by atoms with E-state index in [0.29, 0.717) is 12.5 Å². The highest BCUT2D eigenvalue weighted by molar-refractivity contribution is 5.92. The number of nitrogens with one attached hydrogen (secondary N) is 2. The van der Waals surface area contributed by atoms with Crippen molar-refractivity contribution in [3.05, 3.63) is 0 Å². The number of nitrogens with zero attached hydrogens (tertiary/aromatic N) is 2. The third kappa shape index (κ3) is 1.39. The quantitative estimate of drug-likeness (QED) is 0.282.